The molecule has 0 saturated heterocycles. The molecule has 1 amide bonds. The minimum absolute atomic E-state index is 0.119. The second kappa shape index (κ2) is 2.88. The maximum Gasteiger partial charge on any atom is 0.243 e. The molecule has 0 saturated carbocycles. The summed E-state index contributed by atoms with van der Waals surface area (Å²) in [6.45, 7) is 5.93. The Bertz CT molecular complexity index is 390. The highest BCUT2D eigenvalue weighted by Gasteiger charge is 2.40. The first kappa shape index (κ1) is 9.82. The summed E-state index contributed by atoms with van der Waals surface area (Å²) in [7, 11) is 0. The lowest BCUT2D eigenvalue weighted by molar-refractivity contribution is -0.120. The predicted octanol–water partition coefficient (Wildman–Crippen LogP) is 0.166. The van der Waals surface area contributed by atoms with Crippen molar-refractivity contribution in [1.82, 2.24) is 10.3 Å². The molecule has 6 heteroatoms. The Kier molecular flexibility index (Phi) is 1.89. The van der Waals surface area contributed by atoms with Gasteiger partial charge in [0.15, 0.2) is 0 Å². The maximum atomic E-state index is 11.5. The number of hydrogen-bond donors (Lipinski definition) is 2. The zero-order valence-corrected chi connectivity index (χ0v) is 8.90. The van der Waals surface area contributed by atoms with Crippen molar-refractivity contribution in [3.8, 4) is 0 Å². The molecule has 2 aliphatic heterocycles. The summed E-state index contributed by atoms with van der Waals surface area (Å²) in [5.74, 6) is -0.263. The van der Waals surface area contributed by atoms with Crippen molar-refractivity contribution in [2.45, 2.75) is 26.3 Å². The molecule has 0 aromatic rings. The molecule has 0 aliphatic carbocycles. The molecular formula is C9H13N5O. The monoisotopic (exact) mass is 207 g/mol. The van der Waals surface area contributed by atoms with E-state index in [1.54, 1.807) is 11.2 Å². The fourth-order valence-corrected chi connectivity index (χ4v) is 1.55. The molecule has 0 aromatic heterocycles. The van der Waals surface area contributed by atoms with Crippen LogP contribution in [0.25, 0.3) is 0 Å². The van der Waals surface area contributed by atoms with Gasteiger partial charge in [-0.15, -0.1) is 0 Å². The SMILES string of the molecule is CC(C)(C)N1N=CC2C(=O)NC(=N)N=C21. The fraction of sp³-hybridized carbons (Fsp3) is 0.556. The molecule has 0 aromatic carbocycles. The van der Waals surface area contributed by atoms with Gasteiger partial charge in [-0.25, -0.2) is 5.01 Å². The van der Waals surface area contributed by atoms with Crippen LogP contribution >= 0.6 is 0 Å². The Hall–Kier alpha value is -1.72. The lowest BCUT2D eigenvalue weighted by Gasteiger charge is -2.32. The first-order valence-corrected chi connectivity index (χ1v) is 4.72. The molecule has 0 radical (unpaired) electrons. The van der Waals surface area contributed by atoms with Crippen LogP contribution in [0.4, 0.5) is 0 Å². The molecule has 6 nitrogen and oxygen atoms in total. The molecule has 0 spiro atoms. The Labute approximate surface area is 87.6 Å². The van der Waals surface area contributed by atoms with E-state index < -0.39 is 5.92 Å². The van der Waals surface area contributed by atoms with Crippen molar-refractivity contribution in [2.75, 3.05) is 0 Å². The second-order valence-electron chi connectivity index (χ2n) is 4.53. The van der Waals surface area contributed by atoms with E-state index in [0.29, 0.717) is 5.84 Å². The van der Waals surface area contributed by atoms with Crippen LogP contribution < -0.4 is 5.32 Å². The summed E-state index contributed by atoms with van der Waals surface area (Å²) < 4.78 is 0. The average molecular weight is 207 g/mol. The lowest BCUT2D eigenvalue weighted by Crippen LogP contribution is -2.49. The van der Waals surface area contributed by atoms with Gasteiger partial charge in [-0.3, -0.25) is 15.5 Å². The van der Waals surface area contributed by atoms with E-state index in [9.17, 15) is 4.79 Å². The number of fused-ring (bicyclic) bond motifs is 1. The normalized spacial score (nSPS) is 25.1. The van der Waals surface area contributed by atoms with Crippen LogP contribution in [0.15, 0.2) is 10.1 Å². The smallest absolute Gasteiger partial charge is 0.243 e. The zero-order valence-electron chi connectivity index (χ0n) is 8.90. The number of carbonyl (C=O) groups excluding carboxylic acids is 1. The number of amides is 1. The van der Waals surface area contributed by atoms with Gasteiger partial charge >= 0.3 is 0 Å². The van der Waals surface area contributed by atoms with Crippen LogP contribution in [0.5, 0.6) is 0 Å². The standard InChI is InChI=1S/C9H13N5O/c1-9(2,3)14-6-5(4-11-14)7(15)13-8(10)12-6/h4-5H,1-3H3,(H2,10,13,15). The van der Waals surface area contributed by atoms with Gasteiger partial charge in [-0.05, 0) is 20.8 Å². The third-order valence-corrected chi connectivity index (χ3v) is 2.21. The highest BCUT2D eigenvalue weighted by molar-refractivity contribution is 6.25. The van der Waals surface area contributed by atoms with E-state index in [1.807, 2.05) is 20.8 Å². The van der Waals surface area contributed by atoms with E-state index >= 15 is 0 Å². The number of nitrogens with one attached hydrogen (secondary N) is 2. The van der Waals surface area contributed by atoms with Crippen LogP contribution in [0.3, 0.4) is 0 Å². The summed E-state index contributed by atoms with van der Waals surface area (Å²) in [6, 6.07) is 0. The highest BCUT2D eigenvalue weighted by atomic mass is 16.2. The second-order valence-corrected chi connectivity index (χ2v) is 4.53. The third kappa shape index (κ3) is 1.51. The molecule has 1 unspecified atom stereocenters. The minimum atomic E-state index is -0.446. The Balaban J connectivity index is 2.39. The van der Waals surface area contributed by atoms with E-state index in [0.717, 1.165) is 0 Å². The fourth-order valence-electron chi connectivity index (χ4n) is 1.55. The van der Waals surface area contributed by atoms with Gasteiger partial charge in [0.1, 0.15) is 11.8 Å². The number of guanidine groups is 1. The molecule has 80 valence electrons. The minimum Gasteiger partial charge on any atom is -0.294 e. The van der Waals surface area contributed by atoms with E-state index in [1.165, 1.54) is 0 Å². The molecular weight excluding hydrogens is 194 g/mol. The number of amidine groups is 1. The molecule has 0 bridgehead atoms. The van der Waals surface area contributed by atoms with Crippen LogP contribution in [0.1, 0.15) is 20.8 Å². The first-order valence-electron chi connectivity index (χ1n) is 4.72. The Morgan fingerprint density at radius 2 is 2.20 bits per heavy atom. The van der Waals surface area contributed by atoms with Gasteiger partial charge in [-0.1, -0.05) is 0 Å². The number of carbonyl (C=O) groups is 1. The quantitative estimate of drug-likeness (QED) is 0.593. The van der Waals surface area contributed by atoms with Crippen molar-refractivity contribution >= 4 is 23.9 Å². The number of nitrogens with zero attached hydrogens (tertiary/aromatic N) is 3. The summed E-state index contributed by atoms with van der Waals surface area (Å²) in [5.41, 5.74) is -0.234. The number of rotatable bonds is 0. The molecule has 2 aliphatic rings. The van der Waals surface area contributed by atoms with Gasteiger partial charge in [0.25, 0.3) is 0 Å². The summed E-state index contributed by atoms with van der Waals surface area (Å²) >= 11 is 0. The van der Waals surface area contributed by atoms with Crippen LogP contribution in [-0.4, -0.2) is 34.5 Å². The molecule has 2 rings (SSSR count). The van der Waals surface area contributed by atoms with E-state index in [4.69, 9.17) is 5.41 Å². The van der Waals surface area contributed by atoms with Crippen LogP contribution in [-0.2, 0) is 4.79 Å². The van der Waals surface area contributed by atoms with Gasteiger partial charge in [0, 0.05) is 6.21 Å². The summed E-state index contributed by atoms with van der Waals surface area (Å²) in [6.07, 6.45) is 1.56. The molecule has 2 heterocycles. The van der Waals surface area contributed by atoms with E-state index in [2.05, 4.69) is 15.4 Å². The largest absolute Gasteiger partial charge is 0.294 e. The summed E-state index contributed by atoms with van der Waals surface area (Å²) in [5, 5.41) is 15.6. The predicted molar refractivity (Wildman–Crippen MR) is 56.9 cm³/mol. The number of hydrazone groups is 1. The van der Waals surface area contributed by atoms with Gasteiger partial charge in [0.2, 0.25) is 11.9 Å². The van der Waals surface area contributed by atoms with Crippen molar-refractivity contribution in [3.05, 3.63) is 0 Å². The van der Waals surface area contributed by atoms with Crippen molar-refractivity contribution in [1.29, 1.82) is 5.41 Å². The van der Waals surface area contributed by atoms with Crippen molar-refractivity contribution < 1.29 is 4.79 Å². The Morgan fingerprint density at radius 1 is 1.53 bits per heavy atom. The number of aliphatic imine (C=N–C) groups is 1. The maximum absolute atomic E-state index is 11.5. The summed E-state index contributed by atoms with van der Waals surface area (Å²) in [4.78, 5) is 15.5. The van der Waals surface area contributed by atoms with Gasteiger partial charge in [0.05, 0.1) is 5.54 Å². The van der Waals surface area contributed by atoms with Gasteiger partial charge in [-0.2, -0.15) is 10.1 Å². The topological polar surface area (TPSA) is 80.9 Å². The Morgan fingerprint density at radius 3 is 2.80 bits per heavy atom. The average Bonchev–Trinajstić information content (AvgIpc) is 2.45. The van der Waals surface area contributed by atoms with Crippen LogP contribution in [0.2, 0.25) is 0 Å². The van der Waals surface area contributed by atoms with Gasteiger partial charge < -0.3 is 0 Å². The molecule has 1 atom stereocenters. The third-order valence-electron chi connectivity index (χ3n) is 2.21. The van der Waals surface area contributed by atoms with Crippen LogP contribution in [0, 0.1) is 11.3 Å². The lowest BCUT2D eigenvalue weighted by atomic mass is 10.0. The highest BCUT2D eigenvalue weighted by Crippen LogP contribution is 2.24. The molecule has 15 heavy (non-hydrogen) atoms. The van der Waals surface area contributed by atoms with Crippen molar-refractivity contribution in [3.63, 3.8) is 0 Å². The first-order chi connectivity index (χ1) is 6.89. The number of hydrogen-bond acceptors (Lipinski definition) is 4. The zero-order chi connectivity index (χ0) is 11.2. The molecule has 0 fully saturated rings. The van der Waals surface area contributed by atoms with Crippen molar-refractivity contribution in [2.24, 2.45) is 16.0 Å². The van der Waals surface area contributed by atoms with E-state index in [-0.39, 0.29) is 17.4 Å². The molecule has 2 N–H and O–H groups in total.